The van der Waals surface area contributed by atoms with E-state index >= 15 is 0 Å². The highest BCUT2D eigenvalue weighted by Gasteiger charge is 2.51. The average Bonchev–Trinajstić information content (AvgIpc) is 2.29. The fraction of sp³-hybridized carbons (Fsp3) is 0.857. The maximum absolute atomic E-state index is 12.3. The molecule has 0 radical (unpaired) electrons. The van der Waals surface area contributed by atoms with Gasteiger partial charge in [0.1, 0.15) is 0 Å². The molecule has 2 atom stereocenters. The Labute approximate surface area is 73.1 Å². The van der Waals surface area contributed by atoms with Crippen LogP contribution in [0.4, 0.5) is 13.2 Å². The van der Waals surface area contributed by atoms with Crippen molar-refractivity contribution in [3.05, 3.63) is 0 Å². The minimum Gasteiger partial charge on any atom is -0.481 e. The molecule has 0 aliphatic carbocycles. The van der Waals surface area contributed by atoms with Crippen LogP contribution in [0.25, 0.3) is 0 Å². The van der Waals surface area contributed by atoms with Gasteiger partial charge in [0.25, 0.3) is 0 Å². The molecule has 3 nitrogen and oxygen atoms in total. The third-order valence-corrected chi connectivity index (χ3v) is 2.24. The van der Waals surface area contributed by atoms with E-state index in [0.29, 0.717) is 0 Å². The molecule has 0 aromatic carbocycles. The molecule has 0 aromatic rings. The van der Waals surface area contributed by atoms with Crippen LogP contribution in [-0.4, -0.2) is 42.3 Å². The summed E-state index contributed by atoms with van der Waals surface area (Å²) >= 11 is 0. The second kappa shape index (κ2) is 3.17. The number of carboxylic acid groups (broad SMARTS) is 1. The maximum Gasteiger partial charge on any atom is 0.393 e. The van der Waals surface area contributed by atoms with Crippen molar-refractivity contribution in [2.24, 2.45) is 11.8 Å². The van der Waals surface area contributed by atoms with Crippen molar-refractivity contribution < 1.29 is 23.1 Å². The van der Waals surface area contributed by atoms with Gasteiger partial charge in [-0.15, -0.1) is 0 Å². The Kier molecular flexibility index (Phi) is 2.51. The van der Waals surface area contributed by atoms with Crippen molar-refractivity contribution in [2.45, 2.75) is 6.18 Å². The fourth-order valence-electron chi connectivity index (χ4n) is 1.58. The lowest BCUT2D eigenvalue weighted by molar-refractivity contribution is -0.188. The number of hydrogen-bond donors (Lipinski definition) is 1. The topological polar surface area (TPSA) is 40.5 Å². The molecule has 0 bridgehead atoms. The lowest BCUT2D eigenvalue weighted by Gasteiger charge is -2.17. The summed E-state index contributed by atoms with van der Waals surface area (Å²) < 4.78 is 36.8. The molecule has 1 heterocycles. The average molecular weight is 197 g/mol. The summed E-state index contributed by atoms with van der Waals surface area (Å²) in [5.41, 5.74) is 0. The van der Waals surface area contributed by atoms with Gasteiger partial charge in [-0.1, -0.05) is 0 Å². The number of likely N-dealkylation sites (tertiary alicyclic amines) is 1. The number of alkyl halides is 3. The van der Waals surface area contributed by atoms with E-state index in [4.69, 9.17) is 5.11 Å². The van der Waals surface area contributed by atoms with Crippen LogP contribution < -0.4 is 0 Å². The molecular formula is C7H10F3NO2. The normalized spacial score (nSPS) is 30.8. The smallest absolute Gasteiger partial charge is 0.393 e. The quantitative estimate of drug-likeness (QED) is 0.676. The Balaban J connectivity index is 2.78. The first-order chi connectivity index (χ1) is 5.82. The van der Waals surface area contributed by atoms with Crippen LogP contribution in [-0.2, 0) is 4.79 Å². The molecule has 0 amide bonds. The van der Waals surface area contributed by atoms with Gasteiger partial charge in [0, 0.05) is 13.1 Å². The summed E-state index contributed by atoms with van der Waals surface area (Å²) in [4.78, 5) is 11.9. The van der Waals surface area contributed by atoms with Gasteiger partial charge < -0.3 is 10.0 Å². The number of halogens is 3. The van der Waals surface area contributed by atoms with Crippen molar-refractivity contribution in [1.29, 1.82) is 0 Å². The molecule has 76 valence electrons. The monoisotopic (exact) mass is 197 g/mol. The Morgan fingerprint density at radius 1 is 1.46 bits per heavy atom. The van der Waals surface area contributed by atoms with Gasteiger partial charge in [-0.05, 0) is 7.05 Å². The molecular weight excluding hydrogens is 187 g/mol. The first kappa shape index (κ1) is 10.3. The molecule has 0 spiro atoms. The summed E-state index contributed by atoms with van der Waals surface area (Å²) in [5.74, 6) is -4.41. The van der Waals surface area contributed by atoms with Gasteiger partial charge in [-0.25, -0.2) is 0 Å². The van der Waals surface area contributed by atoms with Crippen LogP contribution >= 0.6 is 0 Å². The van der Waals surface area contributed by atoms with Gasteiger partial charge >= 0.3 is 12.1 Å². The van der Waals surface area contributed by atoms with Crippen LogP contribution in [0.15, 0.2) is 0 Å². The number of rotatable bonds is 1. The lowest BCUT2D eigenvalue weighted by atomic mass is 9.96. The highest BCUT2D eigenvalue weighted by atomic mass is 19.4. The van der Waals surface area contributed by atoms with Crippen LogP contribution in [0.3, 0.4) is 0 Å². The zero-order valence-electron chi connectivity index (χ0n) is 7.01. The highest BCUT2D eigenvalue weighted by molar-refractivity contribution is 5.71. The predicted molar refractivity (Wildman–Crippen MR) is 38.2 cm³/mol. The number of carboxylic acids is 1. The Bertz CT molecular complexity index is 216. The van der Waals surface area contributed by atoms with Gasteiger partial charge in [-0.2, -0.15) is 13.2 Å². The molecule has 13 heavy (non-hydrogen) atoms. The molecule has 1 rings (SSSR count). The lowest BCUT2D eigenvalue weighted by Crippen LogP contribution is -2.33. The van der Waals surface area contributed by atoms with Crippen LogP contribution in [0, 0.1) is 11.8 Å². The van der Waals surface area contributed by atoms with Crippen molar-refractivity contribution >= 4 is 5.97 Å². The Hall–Kier alpha value is -0.780. The zero-order valence-corrected chi connectivity index (χ0v) is 7.01. The number of hydrogen-bond acceptors (Lipinski definition) is 2. The molecule has 1 N–H and O–H groups in total. The molecule has 2 unspecified atom stereocenters. The van der Waals surface area contributed by atoms with Gasteiger partial charge in [0.15, 0.2) is 0 Å². The second-order valence-corrected chi connectivity index (χ2v) is 3.31. The molecule has 1 fully saturated rings. The van der Waals surface area contributed by atoms with E-state index in [1.165, 1.54) is 11.9 Å². The third kappa shape index (κ3) is 2.12. The molecule has 0 aromatic heterocycles. The van der Waals surface area contributed by atoms with Crippen molar-refractivity contribution in [3.63, 3.8) is 0 Å². The highest BCUT2D eigenvalue weighted by Crippen LogP contribution is 2.36. The van der Waals surface area contributed by atoms with Crippen molar-refractivity contribution in [3.8, 4) is 0 Å². The molecule has 1 aliphatic heterocycles. The first-order valence-corrected chi connectivity index (χ1v) is 3.80. The largest absolute Gasteiger partial charge is 0.481 e. The van der Waals surface area contributed by atoms with E-state index in [1.807, 2.05) is 0 Å². The molecule has 1 saturated heterocycles. The predicted octanol–water partition coefficient (Wildman–Crippen LogP) is 0.811. The van der Waals surface area contributed by atoms with Gasteiger partial charge in [0.2, 0.25) is 0 Å². The summed E-state index contributed by atoms with van der Waals surface area (Å²) in [7, 11) is 1.49. The minimum absolute atomic E-state index is 0.0283. The summed E-state index contributed by atoms with van der Waals surface area (Å²) in [5, 5.41) is 8.54. The van der Waals surface area contributed by atoms with Gasteiger partial charge in [0.05, 0.1) is 11.8 Å². The summed E-state index contributed by atoms with van der Waals surface area (Å²) in [6.45, 7) is -0.250. The third-order valence-electron chi connectivity index (χ3n) is 2.24. The van der Waals surface area contributed by atoms with E-state index in [1.54, 1.807) is 0 Å². The van der Waals surface area contributed by atoms with Crippen LogP contribution in [0.2, 0.25) is 0 Å². The SMILES string of the molecule is CN1CC(C(=O)O)C(C(F)(F)F)C1. The Morgan fingerprint density at radius 3 is 2.31 bits per heavy atom. The minimum atomic E-state index is -4.41. The number of aliphatic carboxylic acids is 1. The van der Waals surface area contributed by atoms with E-state index in [-0.39, 0.29) is 13.1 Å². The number of carbonyl (C=O) groups is 1. The van der Waals surface area contributed by atoms with Crippen molar-refractivity contribution in [1.82, 2.24) is 4.90 Å². The fourth-order valence-corrected chi connectivity index (χ4v) is 1.58. The standard InChI is InChI=1S/C7H10F3NO2/c1-11-2-4(6(12)13)5(3-11)7(8,9)10/h4-5H,2-3H2,1H3,(H,12,13). The summed E-state index contributed by atoms with van der Waals surface area (Å²) in [6.07, 6.45) is -4.41. The molecule has 0 saturated carbocycles. The van der Waals surface area contributed by atoms with Crippen molar-refractivity contribution in [2.75, 3.05) is 20.1 Å². The zero-order chi connectivity index (χ0) is 10.2. The molecule has 1 aliphatic rings. The summed E-state index contributed by atoms with van der Waals surface area (Å²) in [6, 6.07) is 0. The van der Waals surface area contributed by atoms with Crippen LogP contribution in [0.5, 0.6) is 0 Å². The Morgan fingerprint density at radius 2 is 2.00 bits per heavy atom. The van der Waals surface area contributed by atoms with Crippen LogP contribution in [0.1, 0.15) is 0 Å². The first-order valence-electron chi connectivity index (χ1n) is 3.80. The number of nitrogens with zero attached hydrogens (tertiary/aromatic N) is 1. The maximum atomic E-state index is 12.3. The van der Waals surface area contributed by atoms with E-state index in [2.05, 4.69) is 0 Å². The van der Waals surface area contributed by atoms with Gasteiger partial charge in [-0.3, -0.25) is 4.79 Å². The van der Waals surface area contributed by atoms with E-state index < -0.39 is 24.0 Å². The second-order valence-electron chi connectivity index (χ2n) is 3.31. The molecule has 6 heteroatoms. The van der Waals surface area contributed by atoms with E-state index in [0.717, 1.165) is 0 Å². The van der Waals surface area contributed by atoms with E-state index in [9.17, 15) is 18.0 Å².